The normalized spacial score (nSPS) is 19.3. The Kier molecular flexibility index (Phi) is 3.07. The van der Waals surface area contributed by atoms with Crippen molar-refractivity contribution in [1.29, 1.82) is 0 Å². The third-order valence-corrected chi connectivity index (χ3v) is 3.34. The first-order chi connectivity index (χ1) is 8.83. The van der Waals surface area contributed by atoms with Gasteiger partial charge in [-0.2, -0.15) is 0 Å². The summed E-state index contributed by atoms with van der Waals surface area (Å²) in [6.45, 7) is 2.93. The van der Waals surface area contributed by atoms with E-state index >= 15 is 0 Å². The predicted molar refractivity (Wildman–Crippen MR) is 69.7 cm³/mol. The second kappa shape index (κ2) is 4.86. The van der Waals surface area contributed by atoms with E-state index < -0.39 is 0 Å². The molecule has 1 aliphatic rings. The van der Waals surface area contributed by atoms with Gasteiger partial charge in [0.05, 0.1) is 12.3 Å². The van der Waals surface area contributed by atoms with E-state index in [4.69, 9.17) is 9.15 Å². The van der Waals surface area contributed by atoms with Crippen LogP contribution in [0.2, 0.25) is 0 Å². The molecule has 1 aromatic carbocycles. The summed E-state index contributed by atoms with van der Waals surface area (Å²) in [4.78, 5) is 0. The van der Waals surface area contributed by atoms with Gasteiger partial charge in [-0.05, 0) is 30.7 Å². The molecule has 3 heteroatoms. The lowest BCUT2D eigenvalue weighted by molar-refractivity contribution is 0.220. The van der Waals surface area contributed by atoms with Gasteiger partial charge >= 0.3 is 0 Å². The van der Waals surface area contributed by atoms with Crippen molar-refractivity contribution in [3.63, 3.8) is 0 Å². The number of nitrogens with one attached hydrogen (secondary N) is 1. The molecule has 1 aromatic heterocycles. The van der Waals surface area contributed by atoms with E-state index in [2.05, 4.69) is 24.4 Å². The fraction of sp³-hybridized carbons (Fsp3) is 0.333. The van der Waals surface area contributed by atoms with Crippen molar-refractivity contribution in [2.45, 2.75) is 25.5 Å². The van der Waals surface area contributed by atoms with Crippen LogP contribution in [0.3, 0.4) is 0 Å². The summed E-state index contributed by atoms with van der Waals surface area (Å²) < 4.78 is 11.3. The molecule has 2 aromatic rings. The molecule has 3 rings (SSSR count). The van der Waals surface area contributed by atoms with Crippen molar-refractivity contribution >= 4 is 0 Å². The van der Waals surface area contributed by atoms with E-state index in [1.165, 1.54) is 5.56 Å². The number of ether oxygens (including phenoxy) is 1. The molecular weight excluding hydrogens is 226 g/mol. The third-order valence-electron chi connectivity index (χ3n) is 3.34. The van der Waals surface area contributed by atoms with Crippen LogP contribution in [0.5, 0.6) is 5.75 Å². The highest BCUT2D eigenvalue weighted by atomic mass is 16.5. The van der Waals surface area contributed by atoms with Crippen molar-refractivity contribution in [3.05, 3.63) is 54.0 Å². The Labute approximate surface area is 107 Å². The van der Waals surface area contributed by atoms with Gasteiger partial charge in [0, 0.05) is 13.0 Å². The number of benzene rings is 1. The fourth-order valence-electron chi connectivity index (χ4n) is 2.31. The molecule has 0 aliphatic carbocycles. The first kappa shape index (κ1) is 11.4. The number of para-hydroxylation sites is 1. The van der Waals surface area contributed by atoms with Gasteiger partial charge in [-0.25, -0.2) is 0 Å². The Morgan fingerprint density at radius 3 is 2.94 bits per heavy atom. The lowest BCUT2D eigenvalue weighted by Gasteiger charge is -2.15. The molecule has 0 bridgehead atoms. The number of hydrogen-bond donors (Lipinski definition) is 1. The first-order valence-electron chi connectivity index (χ1n) is 6.34. The maximum absolute atomic E-state index is 5.88. The van der Waals surface area contributed by atoms with Crippen LogP contribution in [0.25, 0.3) is 0 Å². The highest BCUT2D eigenvalue weighted by Gasteiger charge is 2.22. The predicted octanol–water partition coefficient (Wildman–Crippen LogP) is 2.93. The Bertz CT molecular complexity index is 482. The van der Waals surface area contributed by atoms with E-state index in [1.807, 2.05) is 24.3 Å². The molecule has 0 spiro atoms. The monoisotopic (exact) mass is 243 g/mol. The van der Waals surface area contributed by atoms with Crippen molar-refractivity contribution in [2.75, 3.05) is 6.54 Å². The van der Waals surface area contributed by atoms with Gasteiger partial charge in [0.1, 0.15) is 17.6 Å². The fourth-order valence-corrected chi connectivity index (χ4v) is 2.31. The van der Waals surface area contributed by atoms with E-state index in [9.17, 15) is 0 Å². The number of rotatable bonds is 4. The lowest BCUT2D eigenvalue weighted by Crippen LogP contribution is -2.31. The van der Waals surface area contributed by atoms with Crippen molar-refractivity contribution in [3.8, 4) is 5.75 Å². The second-order valence-corrected chi connectivity index (χ2v) is 4.70. The lowest BCUT2D eigenvalue weighted by atomic mass is 10.1. The molecule has 2 unspecified atom stereocenters. The zero-order valence-corrected chi connectivity index (χ0v) is 10.4. The maximum atomic E-state index is 5.88. The average molecular weight is 243 g/mol. The molecular formula is C15H17NO2. The average Bonchev–Trinajstić information content (AvgIpc) is 3.04. The molecule has 3 nitrogen and oxygen atoms in total. The molecule has 0 saturated heterocycles. The van der Waals surface area contributed by atoms with Gasteiger partial charge in [0.2, 0.25) is 0 Å². The standard InChI is InChI=1S/C15H17NO2/c1-11(14-7-4-8-17-14)16-10-13-9-12-5-2-3-6-15(12)18-13/h2-8,11,13,16H,9-10H2,1H3. The van der Waals surface area contributed by atoms with Crippen LogP contribution in [0, 0.1) is 0 Å². The zero-order chi connectivity index (χ0) is 12.4. The quantitative estimate of drug-likeness (QED) is 0.896. The van der Waals surface area contributed by atoms with Crippen LogP contribution in [-0.2, 0) is 6.42 Å². The van der Waals surface area contributed by atoms with Crippen LogP contribution in [0.4, 0.5) is 0 Å². The molecule has 0 amide bonds. The van der Waals surface area contributed by atoms with Crippen molar-refractivity contribution < 1.29 is 9.15 Å². The van der Waals surface area contributed by atoms with Gasteiger partial charge in [0.25, 0.3) is 0 Å². The largest absolute Gasteiger partial charge is 0.488 e. The number of furan rings is 1. The zero-order valence-electron chi connectivity index (χ0n) is 10.4. The maximum Gasteiger partial charge on any atom is 0.123 e. The van der Waals surface area contributed by atoms with Crippen LogP contribution in [-0.4, -0.2) is 12.6 Å². The molecule has 94 valence electrons. The molecule has 0 fully saturated rings. The molecule has 2 atom stereocenters. The second-order valence-electron chi connectivity index (χ2n) is 4.70. The van der Waals surface area contributed by atoms with Gasteiger partial charge in [-0.3, -0.25) is 0 Å². The van der Waals surface area contributed by atoms with Gasteiger partial charge < -0.3 is 14.5 Å². The summed E-state index contributed by atoms with van der Waals surface area (Å²) in [5, 5.41) is 3.44. The van der Waals surface area contributed by atoms with E-state index in [0.29, 0.717) is 0 Å². The van der Waals surface area contributed by atoms with Crippen LogP contribution >= 0.6 is 0 Å². The van der Waals surface area contributed by atoms with Gasteiger partial charge in [-0.15, -0.1) is 0 Å². The Hall–Kier alpha value is -1.74. The highest BCUT2D eigenvalue weighted by Crippen LogP contribution is 2.28. The molecule has 1 aliphatic heterocycles. The minimum Gasteiger partial charge on any atom is -0.488 e. The molecule has 0 radical (unpaired) electrons. The topological polar surface area (TPSA) is 34.4 Å². The summed E-state index contributed by atoms with van der Waals surface area (Å²) in [6, 6.07) is 12.4. The van der Waals surface area contributed by atoms with Crippen LogP contribution < -0.4 is 10.1 Å². The van der Waals surface area contributed by atoms with Crippen LogP contribution in [0.1, 0.15) is 24.3 Å². The van der Waals surface area contributed by atoms with E-state index in [1.54, 1.807) is 6.26 Å². The number of hydrogen-bond acceptors (Lipinski definition) is 3. The van der Waals surface area contributed by atoms with E-state index in [0.717, 1.165) is 24.5 Å². The smallest absolute Gasteiger partial charge is 0.123 e. The summed E-state index contributed by atoms with van der Waals surface area (Å²) >= 11 is 0. The minimum atomic E-state index is 0.215. The summed E-state index contributed by atoms with van der Waals surface area (Å²) in [6.07, 6.45) is 2.91. The van der Waals surface area contributed by atoms with Crippen molar-refractivity contribution in [2.24, 2.45) is 0 Å². The summed E-state index contributed by atoms with van der Waals surface area (Å²) in [5.74, 6) is 1.99. The SMILES string of the molecule is CC(NCC1Cc2ccccc2O1)c1ccco1. The Morgan fingerprint density at radius 2 is 2.17 bits per heavy atom. The molecule has 18 heavy (non-hydrogen) atoms. The Balaban J connectivity index is 1.54. The summed E-state index contributed by atoms with van der Waals surface area (Å²) in [7, 11) is 0. The molecule has 0 saturated carbocycles. The molecule has 1 N–H and O–H groups in total. The summed E-state index contributed by atoms with van der Waals surface area (Å²) in [5.41, 5.74) is 1.30. The minimum absolute atomic E-state index is 0.215. The van der Waals surface area contributed by atoms with Crippen LogP contribution in [0.15, 0.2) is 47.1 Å². The first-order valence-corrected chi connectivity index (χ1v) is 6.34. The van der Waals surface area contributed by atoms with Gasteiger partial charge in [0.15, 0.2) is 0 Å². The highest BCUT2D eigenvalue weighted by molar-refractivity contribution is 5.37. The third kappa shape index (κ3) is 2.27. The number of fused-ring (bicyclic) bond motifs is 1. The van der Waals surface area contributed by atoms with Crippen molar-refractivity contribution in [1.82, 2.24) is 5.32 Å². The Morgan fingerprint density at radius 1 is 1.28 bits per heavy atom. The van der Waals surface area contributed by atoms with Gasteiger partial charge in [-0.1, -0.05) is 18.2 Å². The molecule has 2 heterocycles. The van der Waals surface area contributed by atoms with E-state index in [-0.39, 0.29) is 12.1 Å².